The molecule has 0 bridgehead atoms. The lowest BCUT2D eigenvalue weighted by Gasteiger charge is -2.29. The normalized spacial score (nSPS) is 15.7. The first-order valence-electron chi connectivity index (χ1n) is 9.56. The van der Waals surface area contributed by atoms with Crippen molar-refractivity contribution < 1.29 is 4.79 Å². The van der Waals surface area contributed by atoms with Crippen LogP contribution in [0.5, 0.6) is 0 Å². The molecule has 1 aromatic carbocycles. The molecule has 1 saturated heterocycles. The number of nitrogens with one attached hydrogen (secondary N) is 3. The van der Waals surface area contributed by atoms with Gasteiger partial charge in [-0.3, -0.25) is 9.79 Å². The van der Waals surface area contributed by atoms with Crippen molar-refractivity contribution in [3.63, 3.8) is 0 Å². The molecule has 1 aliphatic heterocycles. The number of aliphatic imine (C=N–C) groups is 1. The summed E-state index contributed by atoms with van der Waals surface area (Å²) in [6.07, 6.45) is 4.64. The maximum atomic E-state index is 11.7. The van der Waals surface area contributed by atoms with Gasteiger partial charge in [0.15, 0.2) is 5.96 Å². The molecule has 0 spiro atoms. The SMILES string of the molecule is CN=C(NCCc1cccc(C(=O)NC)c1)NCCC1CCN(C)CC1.I. The zero-order valence-corrected chi connectivity index (χ0v) is 19.1. The van der Waals surface area contributed by atoms with Gasteiger partial charge in [0.25, 0.3) is 5.91 Å². The summed E-state index contributed by atoms with van der Waals surface area (Å²) in [4.78, 5) is 18.4. The van der Waals surface area contributed by atoms with E-state index in [1.165, 1.54) is 32.4 Å². The summed E-state index contributed by atoms with van der Waals surface area (Å²) in [6.45, 7) is 4.17. The molecule has 1 fully saturated rings. The summed E-state index contributed by atoms with van der Waals surface area (Å²) < 4.78 is 0. The number of nitrogens with zero attached hydrogens (tertiary/aromatic N) is 2. The van der Waals surface area contributed by atoms with E-state index in [1.54, 1.807) is 14.1 Å². The van der Waals surface area contributed by atoms with Crippen molar-refractivity contribution >= 4 is 35.8 Å². The van der Waals surface area contributed by atoms with Crippen LogP contribution in [0.3, 0.4) is 0 Å². The number of guanidine groups is 1. The maximum absolute atomic E-state index is 11.7. The van der Waals surface area contributed by atoms with E-state index in [4.69, 9.17) is 0 Å². The molecule has 1 amide bonds. The van der Waals surface area contributed by atoms with Crippen LogP contribution in [0.25, 0.3) is 0 Å². The number of hydrogen-bond donors (Lipinski definition) is 3. The van der Waals surface area contributed by atoms with E-state index < -0.39 is 0 Å². The Morgan fingerprint density at radius 2 is 1.93 bits per heavy atom. The van der Waals surface area contributed by atoms with Crippen LogP contribution in [0.1, 0.15) is 35.2 Å². The molecule has 0 saturated carbocycles. The van der Waals surface area contributed by atoms with Gasteiger partial charge in [-0.05, 0) is 69.4 Å². The molecular formula is C20H34IN5O. The summed E-state index contributed by atoms with van der Waals surface area (Å²) in [5, 5.41) is 9.43. The van der Waals surface area contributed by atoms with E-state index in [2.05, 4.69) is 32.9 Å². The minimum Gasteiger partial charge on any atom is -0.356 e. The molecule has 0 aromatic heterocycles. The molecule has 3 N–H and O–H groups in total. The molecule has 2 rings (SSSR count). The first kappa shape index (κ1) is 23.7. The summed E-state index contributed by atoms with van der Waals surface area (Å²) in [5.74, 6) is 1.62. The van der Waals surface area contributed by atoms with Gasteiger partial charge in [0, 0.05) is 32.7 Å². The van der Waals surface area contributed by atoms with E-state index in [-0.39, 0.29) is 29.9 Å². The number of amides is 1. The van der Waals surface area contributed by atoms with Gasteiger partial charge in [0.1, 0.15) is 0 Å². The van der Waals surface area contributed by atoms with Gasteiger partial charge in [-0.15, -0.1) is 24.0 Å². The number of benzene rings is 1. The third-order valence-corrected chi connectivity index (χ3v) is 5.03. The number of likely N-dealkylation sites (tertiary alicyclic amines) is 1. The number of halogens is 1. The smallest absolute Gasteiger partial charge is 0.251 e. The van der Waals surface area contributed by atoms with E-state index in [9.17, 15) is 4.79 Å². The van der Waals surface area contributed by atoms with Crippen LogP contribution < -0.4 is 16.0 Å². The van der Waals surface area contributed by atoms with Gasteiger partial charge in [-0.25, -0.2) is 0 Å². The zero-order chi connectivity index (χ0) is 18.8. The highest BCUT2D eigenvalue weighted by molar-refractivity contribution is 14.0. The predicted molar refractivity (Wildman–Crippen MR) is 123 cm³/mol. The number of hydrogen-bond acceptors (Lipinski definition) is 3. The van der Waals surface area contributed by atoms with Gasteiger partial charge in [-0.1, -0.05) is 12.1 Å². The first-order chi connectivity index (χ1) is 12.6. The summed E-state index contributed by atoms with van der Waals surface area (Å²) >= 11 is 0. The molecule has 1 heterocycles. The van der Waals surface area contributed by atoms with Crippen molar-refractivity contribution in [1.29, 1.82) is 0 Å². The third kappa shape index (κ3) is 8.47. The Hall–Kier alpha value is -1.35. The van der Waals surface area contributed by atoms with Crippen molar-refractivity contribution in [2.45, 2.75) is 25.7 Å². The minimum atomic E-state index is -0.0498. The monoisotopic (exact) mass is 487 g/mol. The molecule has 1 aliphatic rings. The van der Waals surface area contributed by atoms with Crippen LogP contribution in [-0.2, 0) is 6.42 Å². The van der Waals surface area contributed by atoms with Crippen molar-refractivity contribution in [3.05, 3.63) is 35.4 Å². The lowest BCUT2D eigenvalue weighted by atomic mass is 9.94. The Kier molecular flexibility index (Phi) is 11.3. The van der Waals surface area contributed by atoms with Crippen LogP contribution in [0.4, 0.5) is 0 Å². The van der Waals surface area contributed by atoms with Crippen LogP contribution in [0.2, 0.25) is 0 Å². The van der Waals surface area contributed by atoms with Crippen LogP contribution >= 0.6 is 24.0 Å². The number of rotatable bonds is 7. The second-order valence-corrected chi connectivity index (χ2v) is 6.99. The Balaban J connectivity index is 0.00000364. The fraction of sp³-hybridized carbons (Fsp3) is 0.600. The van der Waals surface area contributed by atoms with E-state index in [1.807, 2.05) is 24.3 Å². The predicted octanol–water partition coefficient (Wildman–Crippen LogP) is 2.10. The quantitative estimate of drug-likeness (QED) is 0.313. The largest absolute Gasteiger partial charge is 0.356 e. The molecule has 1 aromatic rings. The molecule has 0 radical (unpaired) electrons. The zero-order valence-electron chi connectivity index (χ0n) is 16.8. The molecule has 0 aliphatic carbocycles. The van der Waals surface area contributed by atoms with Crippen molar-refractivity contribution in [2.24, 2.45) is 10.9 Å². The van der Waals surface area contributed by atoms with E-state index in [0.717, 1.165) is 37.0 Å². The lowest BCUT2D eigenvalue weighted by Crippen LogP contribution is -2.39. The lowest BCUT2D eigenvalue weighted by molar-refractivity contribution is 0.0963. The minimum absolute atomic E-state index is 0. The highest BCUT2D eigenvalue weighted by atomic mass is 127. The number of carbonyl (C=O) groups is 1. The Labute approximate surface area is 180 Å². The molecule has 6 nitrogen and oxygen atoms in total. The van der Waals surface area contributed by atoms with Gasteiger partial charge in [0.05, 0.1) is 0 Å². The Bertz CT molecular complexity index is 600. The first-order valence-corrected chi connectivity index (χ1v) is 9.56. The second kappa shape index (κ2) is 12.9. The van der Waals surface area contributed by atoms with E-state index in [0.29, 0.717) is 5.56 Å². The van der Waals surface area contributed by atoms with Gasteiger partial charge < -0.3 is 20.9 Å². The van der Waals surface area contributed by atoms with Crippen LogP contribution in [0.15, 0.2) is 29.3 Å². The maximum Gasteiger partial charge on any atom is 0.251 e. The van der Waals surface area contributed by atoms with Crippen molar-refractivity contribution in [2.75, 3.05) is 47.3 Å². The number of carbonyl (C=O) groups excluding carboxylic acids is 1. The average Bonchev–Trinajstić information content (AvgIpc) is 2.67. The topological polar surface area (TPSA) is 68.8 Å². The molecule has 27 heavy (non-hydrogen) atoms. The second-order valence-electron chi connectivity index (χ2n) is 6.99. The van der Waals surface area contributed by atoms with Crippen LogP contribution in [-0.4, -0.2) is 64.1 Å². The van der Waals surface area contributed by atoms with Crippen molar-refractivity contribution in [3.8, 4) is 0 Å². The Morgan fingerprint density at radius 1 is 1.22 bits per heavy atom. The fourth-order valence-corrected chi connectivity index (χ4v) is 3.30. The summed E-state index contributed by atoms with van der Waals surface area (Å²) in [5.41, 5.74) is 1.84. The standard InChI is InChI=1S/C20H33N5O.HI/c1-21-19(26)18-6-4-5-17(15-18)8-12-24-20(22-2)23-11-7-16-9-13-25(3)14-10-16;/h4-6,15-16H,7-14H2,1-3H3,(H,21,26)(H2,22,23,24);1H. The van der Waals surface area contributed by atoms with Gasteiger partial charge >= 0.3 is 0 Å². The van der Waals surface area contributed by atoms with Crippen molar-refractivity contribution in [1.82, 2.24) is 20.9 Å². The number of piperidine rings is 1. The highest BCUT2D eigenvalue weighted by Gasteiger charge is 2.16. The van der Waals surface area contributed by atoms with Gasteiger partial charge in [-0.2, -0.15) is 0 Å². The molecule has 0 atom stereocenters. The van der Waals surface area contributed by atoms with Crippen LogP contribution in [0, 0.1) is 5.92 Å². The molecule has 152 valence electrons. The Morgan fingerprint density at radius 3 is 2.59 bits per heavy atom. The third-order valence-electron chi connectivity index (χ3n) is 5.03. The molecule has 7 heteroatoms. The highest BCUT2D eigenvalue weighted by Crippen LogP contribution is 2.18. The fourth-order valence-electron chi connectivity index (χ4n) is 3.30. The molecular weight excluding hydrogens is 453 g/mol. The summed E-state index contributed by atoms with van der Waals surface area (Å²) in [6, 6.07) is 7.75. The average molecular weight is 487 g/mol. The molecule has 0 unspecified atom stereocenters. The van der Waals surface area contributed by atoms with Gasteiger partial charge in [0.2, 0.25) is 0 Å². The van der Waals surface area contributed by atoms with E-state index >= 15 is 0 Å². The summed E-state index contributed by atoms with van der Waals surface area (Å²) in [7, 11) is 5.65.